The Kier molecular flexibility index (Phi) is 5.76. The second kappa shape index (κ2) is 7.78. The Morgan fingerprint density at radius 2 is 1.87 bits per heavy atom. The third kappa shape index (κ3) is 5.10. The van der Waals surface area contributed by atoms with Crippen LogP contribution in [0.3, 0.4) is 0 Å². The average molecular weight is 377 g/mol. The first-order valence-corrected chi connectivity index (χ1v) is 7.75. The van der Waals surface area contributed by atoms with Crippen molar-refractivity contribution in [3.63, 3.8) is 0 Å². The molecule has 6 heteroatoms. The molecule has 23 heavy (non-hydrogen) atoms. The van der Waals surface area contributed by atoms with Gasteiger partial charge >= 0.3 is 0 Å². The summed E-state index contributed by atoms with van der Waals surface area (Å²) in [4.78, 5) is 11.8. The molecule has 5 nitrogen and oxygen atoms in total. The zero-order valence-corrected chi connectivity index (χ0v) is 14.4. The Morgan fingerprint density at radius 1 is 1.26 bits per heavy atom. The lowest BCUT2D eigenvalue weighted by molar-refractivity contribution is -0.123. The standard InChI is InChI=1S/C17H17BrN2O3/c1-11-7-14(18)8-12(2)17(11)23-10-16(22)20-19-9-13-3-5-15(21)6-4-13/h3-9,21H,10H2,1-2H3,(H,20,22)/b19-9-. The molecule has 0 aromatic heterocycles. The number of phenolic OH excluding ortho intramolecular Hbond substituents is 1. The minimum atomic E-state index is -0.346. The van der Waals surface area contributed by atoms with Gasteiger partial charge in [0.1, 0.15) is 11.5 Å². The maximum atomic E-state index is 11.8. The molecule has 0 aliphatic rings. The van der Waals surface area contributed by atoms with E-state index in [1.165, 1.54) is 6.21 Å². The SMILES string of the molecule is Cc1cc(Br)cc(C)c1OCC(=O)N/N=C\c1ccc(O)cc1. The largest absolute Gasteiger partial charge is 0.508 e. The highest BCUT2D eigenvalue weighted by atomic mass is 79.9. The number of ether oxygens (including phenoxy) is 1. The number of aryl methyl sites for hydroxylation is 2. The Morgan fingerprint density at radius 3 is 2.48 bits per heavy atom. The molecule has 0 radical (unpaired) electrons. The number of aromatic hydroxyl groups is 1. The smallest absolute Gasteiger partial charge is 0.277 e. The second-order valence-corrected chi connectivity index (χ2v) is 5.96. The number of carbonyl (C=O) groups excluding carboxylic acids is 1. The van der Waals surface area contributed by atoms with Gasteiger partial charge in [0, 0.05) is 4.47 Å². The van der Waals surface area contributed by atoms with Crippen LogP contribution in [0, 0.1) is 13.8 Å². The van der Waals surface area contributed by atoms with Crippen molar-refractivity contribution in [3.05, 3.63) is 57.6 Å². The van der Waals surface area contributed by atoms with Crippen molar-refractivity contribution in [2.45, 2.75) is 13.8 Å². The van der Waals surface area contributed by atoms with Crippen LogP contribution in [0.4, 0.5) is 0 Å². The van der Waals surface area contributed by atoms with E-state index in [4.69, 9.17) is 4.74 Å². The molecule has 0 aliphatic carbocycles. The average Bonchev–Trinajstić information content (AvgIpc) is 2.48. The van der Waals surface area contributed by atoms with Crippen LogP contribution in [0.2, 0.25) is 0 Å². The van der Waals surface area contributed by atoms with Gasteiger partial charge in [-0.3, -0.25) is 4.79 Å². The van der Waals surface area contributed by atoms with E-state index in [9.17, 15) is 9.90 Å². The van der Waals surface area contributed by atoms with E-state index in [2.05, 4.69) is 26.5 Å². The summed E-state index contributed by atoms with van der Waals surface area (Å²) in [6.45, 7) is 3.73. The quantitative estimate of drug-likeness (QED) is 0.621. The number of hydrogen-bond donors (Lipinski definition) is 2. The van der Waals surface area contributed by atoms with Gasteiger partial charge in [0.2, 0.25) is 0 Å². The molecule has 2 N–H and O–H groups in total. The number of benzene rings is 2. The monoisotopic (exact) mass is 376 g/mol. The molecule has 0 bridgehead atoms. The third-order valence-corrected chi connectivity index (χ3v) is 3.53. The number of nitrogens with zero attached hydrogens (tertiary/aromatic N) is 1. The molecule has 0 saturated carbocycles. The van der Waals surface area contributed by atoms with Gasteiger partial charge in [-0.25, -0.2) is 5.43 Å². The summed E-state index contributed by atoms with van der Waals surface area (Å²) in [6, 6.07) is 10.3. The highest BCUT2D eigenvalue weighted by Gasteiger charge is 2.08. The van der Waals surface area contributed by atoms with E-state index in [1.54, 1.807) is 24.3 Å². The fourth-order valence-electron chi connectivity index (χ4n) is 2.03. The van der Waals surface area contributed by atoms with Crippen LogP contribution in [0.15, 0.2) is 46.0 Å². The van der Waals surface area contributed by atoms with Gasteiger partial charge < -0.3 is 9.84 Å². The van der Waals surface area contributed by atoms with Gasteiger partial charge in [0.25, 0.3) is 5.91 Å². The molecule has 0 fully saturated rings. The number of hydrazone groups is 1. The van der Waals surface area contributed by atoms with Crippen molar-refractivity contribution in [1.29, 1.82) is 0 Å². The van der Waals surface area contributed by atoms with Crippen LogP contribution < -0.4 is 10.2 Å². The molecule has 0 heterocycles. The lowest BCUT2D eigenvalue weighted by atomic mass is 10.1. The van der Waals surface area contributed by atoms with Crippen LogP contribution in [0.5, 0.6) is 11.5 Å². The normalized spacial score (nSPS) is 10.7. The van der Waals surface area contributed by atoms with Crippen LogP contribution in [-0.4, -0.2) is 23.8 Å². The van der Waals surface area contributed by atoms with E-state index in [-0.39, 0.29) is 18.3 Å². The first kappa shape index (κ1) is 17.0. The first-order chi connectivity index (χ1) is 11.0. The van der Waals surface area contributed by atoms with Gasteiger partial charge in [-0.05, 0) is 66.9 Å². The van der Waals surface area contributed by atoms with Crippen LogP contribution >= 0.6 is 15.9 Å². The molecule has 2 rings (SSSR count). The summed E-state index contributed by atoms with van der Waals surface area (Å²) in [5.41, 5.74) is 5.08. The van der Waals surface area contributed by atoms with Gasteiger partial charge in [-0.15, -0.1) is 0 Å². The minimum Gasteiger partial charge on any atom is -0.508 e. The third-order valence-electron chi connectivity index (χ3n) is 3.07. The van der Waals surface area contributed by atoms with Crippen molar-refractivity contribution in [3.8, 4) is 11.5 Å². The fourth-order valence-corrected chi connectivity index (χ4v) is 2.72. The second-order valence-electron chi connectivity index (χ2n) is 5.04. The first-order valence-electron chi connectivity index (χ1n) is 6.96. The van der Waals surface area contributed by atoms with E-state index >= 15 is 0 Å². The van der Waals surface area contributed by atoms with Crippen LogP contribution in [-0.2, 0) is 4.79 Å². The highest BCUT2D eigenvalue weighted by Crippen LogP contribution is 2.27. The topological polar surface area (TPSA) is 70.9 Å². The van der Waals surface area contributed by atoms with Crippen molar-refractivity contribution in [2.75, 3.05) is 6.61 Å². The fraction of sp³-hybridized carbons (Fsp3) is 0.176. The molecule has 1 amide bonds. The van der Waals surface area contributed by atoms with E-state index in [0.29, 0.717) is 5.75 Å². The number of halogens is 1. The van der Waals surface area contributed by atoms with Gasteiger partial charge in [0.05, 0.1) is 6.21 Å². The zero-order valence-electron chi connectivity index (χ0n) is 12.8. The number of nitrogens with one attached hydrogen (secondary N) is 1. The highest BCUT2D eigenvalue weighted by molar-refractivity contribution is 9.10. The molecule has 0 unspecified atom stereocenters. The summed E-state index contributed by atoms with van der Waals surface area (Å²) in [5.74, 6) is 0.535. The number of phenols is 1. The van der Waals surface area contributed by atoms with E-state index in [0.717, 1.165) is 21.2 Å². The molecule has 0 spiro atoms. The summed E-state index contributed by atoms with van der Waals surface area (Å²) in [7, 11) is 0. The lowest BCUT2D eigenvalue weighted by Gasteiger charge is -2.11. The number of rotatable bonds is 5. The molecule has 120 valence electrons. The molecule has 0 aliphatic heterocycles. The molecule has 0 saturated heterocycles. The zero-order chi connectivity index (χ0) is 16.8. The molecular formula is C17H17BrN2O3. The summed E-state index contributed by atoms with van der Waals surface area (Å²) in [6.07, 6.45) is 1.49. The molecule has 0 atom stereocenters. The van der Waals surface area contributed by atoms with Gasteiger partial charge in [-0.1, -0.05) is 15.9 Å². The summed E-state index contributed by atoms with van der Waals surface area (Å²) in [5, 5.41) is 13.0. The Hall–Kier alpha value is -2.34. The maximum absolute atomic E-state index is 11.8. The Balaban J connectivity index is 1.87. The number of carbonyl (C=O) groups is 1. The predicted molar refractivity (Wildman–Crippen MR) is 93.0 cm³/mol. The van der Waals surface area contributed by atoms with Crippen LogP contribution in [0.25, 0.3) is 0 Å². The number of hydrogen-bond acceptors (Lipinski definition) is 4. The maximum Gasteiger partial charge on any atom is 0.277 e. The predicted octanol–water partition coefficient (Wildman–Crippen LogP) is 3.30. The summed E-state index contributed by atoms with van der Waals surface area (Å²) < 4.78 is 6.54. The van der Waals surface area contributed by atoms with E-state index < -0.39 is 0 Å². The summed E-state index contributed by atoms with van der Waals surface area (Å²) >= 11 is 3.42. The molecule has 2 aromatic rings. The van der Waals surface area contributed by atoms with Crippen molar-refractivity contribution >= 4 is 28.1 Å². The Bertz CT molecular complexity index is 704. The van der Waals surface area contributed by atoms with Crippen molar-refractivity contribution in [1.82, 2.24) is 5.43 Å². The van der Waals surface area contributed by atoms with Crippen LogP contribution in [0.1, 0.15) is 16.7 Å². The minimum absolute atomic E-state index is 0.115. The van der Waals surface area contributed by atoms with Gasteiger partial charge in [-0.2, -0.15) is 5.10 Å². The molecular weight excluding hydrogens is 360 g/mol. The number of amides is 1. The Labute approximate surface area is 143 Å². The van der Waals surface area contributed by atoms with Crippen molar-refractivity contribution in [2.24, 2.45) is 5.10 Å². The lowest BCUT2D eigenvalue weighted by Crippen LogP contribution is -2.25. The van der Waals surface area contributed by atoms with Crippen molar-refractivity contribution < 1.29 is 14.6 Å². The van der Waals surface area contributed by atoms with E-state index in [1.807, 2.05) is 26.0 Å². The van der Waals surface area contributed by atoms with Gasteiger partial charge in [0.15, 0.2) is 6.61 Å². The molecule has 2 aromatic carbocycles.